The van der Waals surface area contributed by atoms with Gasteiger partial charge in [0.2, 0.25) is 0 Å². The van der Waals surface area contributed by atoms with Crippen LogP contribution in [0.15, 0.2) is 36.8 Å². The molecule has 6 heteroatoms. The fraction of sp³-hybridized carbons (Fsp3) is 0.0714. The van der Waals surface area contributed by atoms with Gasteiger partial charge in [0, 0.05) is 35.3 Å². The lowest BCUT2D eigenvalue weighted by atomic mass is 10.0. The molecule has 3 N–H and O–H groups in total. The Morgan fingerprint density at radius 2 is 2.10 bits per heavy atom. The van der Waals surface area contributed by atoms with Gasteiger partial charge < -0.3 is 11.2 Å². The number of fused-ring (bicyclic) bond motifs is 5. The van der Waals surface area contributed by atoms with Crippen molar-refractivity contribution in [1.29, 1.82) is 0 Å². The van der Waals surface area contributed by atoms with E-state index < -0.39 is 0 Å². The minimum Gasteiger partial charge on any atom is -0.339 e. The maximum atomic E-state index is 5.93. The molecule has 3 aromatic rings. The van der Waals surface area contributed by atoms with Crippen LogP contribution in [0.1, 0.15) is 5.69 Å². The lowest BCUT2D eigenvalue weighted by Gasteiger charge is -2.08. The Kier molecular flexibility index (Phi) is 2.09. The minimum absolute atomic E-state index is 0.775. The molecule has 98 valence electrons. The van der Waals surface area contributed by atoms with Gasteiger partial charge in [0.25, 0.3) is 0 Å². The summed E-state index contributed by atoms with van der Waals surface area (Å²) in [4.78, 5) is 10.0. The molecule has 20 heavy (non-hydrogen) atoms. The first kappa shape index (κ1) is 11.0. The smallest absolute Gasteiger partial charge is 0.139 e. The van der Waals surface area contributed by atoms with Crippen LogP contribution < -0.4 is 11.2 Å². The number of nitrogens with zero attached hydrogens (tertiary/aromatic N) is 4. The highest BCUT2D eigenvalue weighted by atomic mass is 15.5. The summed E-state index contributed by atoms with van der Waals surface area (Å²) < 4.78 is 0. The predicted molar refractivity (Wildman–Crippen MR) is 76.9 cm³/mol. The summed E-state index contributed by atoms with van der Waals surface area (Å²) in [5, 5.41) is 7.78. The van der Waals surface area contributed by atoms with Crippen LogP contribution in [0.2, 0.25) is 0 Å². The van der Waals surface area contributed by atoms with Gasteiger partial charge in [-0.3, -0.25) is 4.98 Å². The normalized spacial score (nSPS) is 11.8. The molecule has 3 aromatic heterocycles. The average Bonchev–Trinajstić information content (AvgIpc) is 2.68. The first-order chi connectivity index (χ1) is 9.75. The molecule has 4 rings (SSSR count). The third-order valence-corrected chi connectivity index (χ3v) is 3.56. The second-order valence-corrected chi connectivity index (χ2v) is 4.70. The van der Waals surface area contributed by atoms with Gasteiger partial charge in [0.15, 0.2) is 0 Å². The Morgan fingerprint density at radius 1 is 1.20 bits per heavy atom. The summed E-state index contributed by atoms with van der Waals surface area (Å²) in [6.07, 6.45) is 5.33. The van der Waals surface area contributed by atoms with Crippen LogP contribution in [0.25, 0.3) is 22.4 Å². The Labute approximate surface area is 115 Å². The van der Waals surface area contributed by atoms with Gasteiger partial charge in [0.05, 0.1) is 11.4 Å². The SMILES string of the molecule is Cc1c2c(nn1N)-c1cccnc1Nc1ccncc1-2. The number of rotatable bonds is 0. The Hall–Kier alpha value is -2.89. The molecule has 0 aromatic carbocycles. The Morgan fingerprint density at radius 3 is 3.00 bits per heavy atom. The van der Waals surface area contributed by atoms with E-state index in [0.29, 0.717) is 0 Å². The number of aromatic nitrogens is 4. The second-order valence-electron chi connectivity index (χ2n) is 4.70. The monoisotopic (exact) mass is 264 g/mol. The van der Waals surface area contributed by atoms with Gasteiger partial charge in [-0.2, -0.15) is 9.89 Å². The lowest BCUT2D eigenvalue weighted by Crippen LogP contribution is -2.12. The molecule has 0 bridgehead atoms. The van der Waals surface area contributed by atoms with Crippen LogP contribution in [0.3, 0.4) is 0 Å². The van der Waals surface area contributed by atoms with Gasteiger partial charge in [-0.1, -0.05) is 0 Å². The van der Waals surface area contributed by atoms with Crippen molar-refractivity contribution in [2.45, 2.75) is 6.92 Å². The molecule has 0 saturated carbocycles. The fourth-order valence-corrected chi connectivity index (χ4v) is 2.56. The van der Waals surface area contributed by atoms with Crippen molar-refractivity contribution < 1.29 is 0 Å². The second kappa shape index (κ2) is 3.80. The molecule has 6 nitrogen and oxygen atoms in total. The van der Waals surface area contributed by atoms with Gasteiger partial charge in [-0.25, -0.2) is 4.98 Å². The van der Waals surface area contributed by atoms with Crippen LogP contribution >= 0.6 is 0 Å². The van der Waals surface area contributed by atoms with E-state index in [4.69, 9.17) is 5.84 Å². The molecule has 0 radical (unpaired) electrons. The largest absolute Gasteiger partial charge is 0.339 e. The number of nitrogens with two attached hydrogens (primary N) is 1. The number of nitrogens with one attached hydrogen (secondary N) is 1. The Bertz CT molecular complexity index is 820. The number of nitrogen functional groups attached to an aromatic ring is 1. The van der Waals surface area contributed by atoms with Crippen LogP contribution in [-0.2, 0) is 0 Å². The van der Waals surface area contributed by atoms with Crippen molar-refractivity contribution in [1.82, 2.24) is 19.9 Å². The molecular weight excluding hydrogens is 252 g/mol. The quantitative estimate of drug-likeness (QED) is 0.475. The highest BCUT2D eigenvalue weighted by molar-refractivity contribution is 5.96. The van der Waals surface area contributed by atoms with Crippen LogP contribution in [-0.4, -0.2) is 19.9 Å². The number of hydrogen-bond acceptors (Lipinski definition) is 5. The topological polar surface area (TPSA) is 81.7 Å². The fourth-order valence-electron chi connectivity index (χ4n) is 2.56. The zero-order chi connectivity index (χ0) is 13.7. The van der Waals surface area contributed by atoms with Crippen LogP contribution in [0, 0.1) is 6.92 Å². The first-order valence-electron chi connectivity index (χ1n) is 6.27. The summed E-state index contributed by atoms with van der Waals surface area (Å²) in [6, 6.07) is 5.81. The minimum atomic E-state index is 0.775. The van der Waals surface area contributed by atoms with Gasteiger partial charge >= 0.3 is 0 Å². The molecule has 0 unspecified atom stereocenters. The average molecular weight is 264 g/mol. The standard InChI is InChI=1S/C14H12N6/c1-8-12-10-7-16-6-4-11(10)18-14-9(3-2-5-17-14)13(12)19-20(8)15/h2-7H,15H2,1H3,(H,17,18). The van der Waals surface area contributed by atoms with E-state index >= 15 is 0 Å². The summed E-state index contributed by atoms with van der Waals surface area (Å²) in [5.41, 5.74) is 5.59. The van der Waals surface area contributed by atoms with E-state index in [1.807, 2.05) is 31.3 Å². The summed E-state index contributed by atoms with van der Waals surface area (Å²) in [6.45, 7) is 1.95. The third-order valence-electron chi connectivity index (χ3n) is 3.56. The summed E-state index contributed by atoms with van der Waals surface area (Å²) >= 11 is 0. The molecule has 1 aliphatic heterocycles. The molecule has 0 amide bonds. The molecule has 0 fully saturated rings. The van der Waals surface area contributed by atoms with Crippen LogP contribution in [0.5, 0.6) is 0 Å². The summed E-state index contributed by atoms with van der Waals surface area (Å²) in [7, 11) is 0. The van der Waals surface area contributed by atoms with Crippen LogP contribution in [0.4, 0.5) is 11.5 Å². The predicted octanol–water partition coefficient (Wildman–Crippen LogP) is 2.09. The molecule has 0 saturated heterocycles. The molecule has 0 atom stereocenters. The van der Waals surface area contributed by atoms with Crippen molar-refractivity contribution in [3.8, 4) is 22.4 Å². The maximum absolute atomic E-state index is 5.93. The zero-order valence-corrected chi connectivity index (χ0v) is 10.8. The third kappa shape index (κ3) is 1.36. The van der Waals surface area contributed by atoms with E-state index in [-0.39, 0.29) is 0 Å². The summed E-state index contributed by atoms with van der Waals surface area (Å²) in [5.74, 6) is 6.70. The molecule has 0 spiro atoms. The highest BCUT2D eigenvalue weighted by Crippen LogP contribution is 2.43. The number of anilines is 2. The first-order valence-corrected chi connectivity index (χ1v) is 6.27. The number of hydrogen-bond donors (Lipinski definition) is 2. The molecule has 1 aliphatic rings. The van der Waals surface area contributed by atoms with Gasteiger partial charge in [0.1, 0.15) is 11.5 Å². The maximum Gasteiger partial charge on any atom is 0.139 e. The van der Waals surface area contributed by atoms with Crippen molar-refractivity contribution in [2.75, 3.05) is 11.2 Å². The van der Waals surface area contributed by atoms with Crippen molar-refractivity contribution in [3.05, 3.63) is 42.5 Å². The van der Waals surface area contributed by atoms with E-state index in [9.17, 15) is 0 Å². The van der Waals surface area contributed by atoms with E-state index in [1.165, 1.54) is 4.79 Å². The van der Waals surface area contributed by atoms with E-state index in [1.54, 1.807) is 12.4 Å². The van der Waals surface area contributed by atoms with Crippen molar-refractivity contribution >= 4 is 11.5 Å². The van der Waals surface area contributed by atoms with Crippen molar-refractivity contribution in [2.24, 2.45) is 0 Å². The molecule has 4 heterocycles. The molecule has 0 aliphatic carbocycles. The van der Waals surface area contributed by atoms with Gasteiger partial charge in [-0.15, -0.1) is 0 Å². The Balaban J connectivity index is 2.16. The zero-order valence-electron chi connectivity index (χ0n) is 10.8. The van der Waals surface area contributed by atoms with Gasteiger partial charge in [-0.05, 0) is 25.1 Å². The van der Waals surface area contributed by atoms with E-state index in [2.05, 4.69) is 20.4 Å². The van der Waals surface area contributed by atoms with Crippen molar-refractivity contribution in [3.63, 3.8) is 0 Å². The molecular formula is C14H12N6. The number of pyridine rings is 2. The lowest BCUT2D eigenvalue weighted by molar-refractivity contribution is 0.804. The van der Waals surface area contributed by atoms with E-state index in [0.717, 1.165) is 39.6 Å². The highest BCUT2D eigenvalue weighted by Gasteiger charge is 2.25.